The number of ketones is 1. The number of Topliss-reactive ketones (excluding diaryl/α,β-unsaturated/α-hetero) is 1. The van der Waals surface area contributed by atoms with E-state index in [1.165, 1.54) is 0 Å². The zero-order valence-electron chi connectivity index (χ0n) is 10.1. The van der Waals surface area contributed by atoms with Crippen LogP contribution in [-0.4, -0.2) is 50.3 Å². The fraction of sp³-hybridized carbons (Fsp3) is 0.700. The molecule has 0 spiro atoms. The van der Waals surface area contributed by atoms with Gasteiger partial charge in [-0.25, -0.2) is 9.59 Å². The zero-order valence-corrected chi connectivity index (χ0v) is 10.1. The quantitative estimate of drug-likeness (QED) is 0.425. The Morgan fingerprint density at radius 1 is 1.18 bits per heavy atom. The minimum atomic E-state index is -2.37. The normalized spacial score (nSPS) is 16.8. The Morgan fingerprint density at radius 3 is 1.82 bits per heavy atom. The number of aliphatic hydroxyl groups is 2. The van der Waals surface area contributed by atoms with Crippen LogP contribution >= 0.6 is 0 Å². The Bertz CT molecular complexity index is 325. The fourth-order valence-corrected chi connectivity index (χ4v) is 0.812. The van der Waals surface area contributed by atoms with Gasteiger partial charge in [-0.1, -0.05) is 0 Å². The molecule has 2 atom stereocenters. The highest BCUT2D eigenvalue weighted by molar-refractivity contribution is 6.06. The fourth-order valence-electron chi connectivity index (χ4n) is 0.812. The number of esters is 1. The zero-order chi connectivity index (χ0) is 14.0. The van der Waals surface area contributed by atoms with Crippen molar-refractivity contribution in [1.29, 1.82) is 0 Å². The van der Waals surface area contributed by atoms with Crippen molar-refractivity contribution in [3.63, 3.8) is 0 Å². The first-order valence-electron chi connectivity index (χ1n) is 4.80. The molecule has 1 unspecified atom stereocenters. The SMILES string of the molecule is CC(=O)[C@](C)(OC(=O)C(O)C(C)(C)O)C(=O)O. The van der Waals surface area contributed by atoms with Gasteiger partial charge in [0.25, 0.3) is 5.60 Å². The molecule has 7 heteroatoms. The monoisotopic (exact) mass is 248 g/mol. The summed E-state index contributed by atoms with van der Waals surface area (Å²) in [6, 6.07) is 0. The van der Waals surface area contributed by atoms with Crippen molar-refractivity contribution >= 4 is 17.7 Å². The first-order chi connectivity index (χ1) is 7.43. The van der Waals surface area contributed by atoms with Gasteiger partial charge in [0.1, 0.15) is 0 Å². The Balaban J connectivity index is 5.00. The molecule has 7 nitrogen and oxygen atoms in total. The highest BCUT2D eigenvalue weighted by atomic mass is 16.6. The maximum atomic E-state index is 11.4. The molecule has 0 amide bonds. The Morgan fingerprint density at radius 2 is 1.59 bits per heavy atom. The second kappa shape index (κ2) is 4.80. The minimum Gasteiger partial charge on any atom is -0.478 e. The van der Waals surface area contributed by atoms with E-state index in [1.807, 2.05) is 0 Å². The number of hydrogen-bond donors (Lipinski definition) is 3. The molecule has 0 radical (unpaired) electrons. The van der Waals surface area contributed by atoms with Gasteiger partial charge in [-0.15, -0.1) is 0 Å². The second-order valence-corrected chi connectivity index (χ2v) is 4.37. The van der Waals surface area contributed by atoms with Gasteiger partial charge in [0.15, 0.2) is 11.9 Å². The lowest BCUT2D eigenvalue weighted by Gasteiger charge is -2.27. The number of aliphatic hydroxyl groups excluding tert-OH is 1. The predicted molar refractivity (Wildman–Crippen MR) is 55.1 cm³/mol. The lowest BCUT2D eigenvalue weighted by molar-refractivity contribution is -0.191. The standard InChI is InChI=1S/C10H16O7/c1-5(11)10(4,8(14)15)17-7(13)6(12)9(2,3)16/h6,12,16H,1-4H3,(H,14,15)/t6?,10-/m0/s1. The molecular weight excluding hydrogens is 232 g/mol. The van der Waals surface area contributed by atoms with E-state index in [2.05, 4.69) is 4.74 Å². The third kappa shape index (κ3) is 3.50. The number of carbonyl (C=O) groups is 3. The average molecular weight is 248 g/mol. The van der Waals surface area contributed by atoms with E-state index in [1.54, 1.807) is 0 Å². The van der Waals surface area contributed by atoms with Crippen LogP contribution < -0.4 is 0 Å². The van der Waals surface area contributed by atoms with Crippen molar-refractivity contribution in [2.75, 3.05) is 0 Å². The number of ether oxygens (including phenoxy) is 1. The average Bonchev–Trinajstić information content (AvgIpc) is 2.14. The first kappa shape index (κ1) is 15.5. The third-order valence-electron chi connectivity index (χ3n) is 2.28. The van der Waals surface area contributed by atoms with Crippen molar-refractivity contribution in [3.8, 4) is 0 Å². The lowest BCUT2D eigenvalue weighted by atomic mass is 10.00. The van der Waals surface area contributed by atoms with Gasteiger partial charge >= 0.3 is 11.9 Å². The summed E-state index contributed by atoms with van der Waals surface area (Å²) in [6.07, 6.45) is -1.94. The molecule has 0 rings (SSSR count). The van der Waals surface area contributed by atoms with Crippen molar-refractivity contribution in [2.24, 2.45) is 0 Å². The van der Waals surface area contributed by atoms with Gasteiger partial charge in [0.05, 0.1) is 5.60 Å². The molecular formula is C10H16O7. The molecule has 0 saturated heterocycles. The van der Waals surface area contributed by atoms with Crippen LogP contribution in [0, 0.1) is 0 Å². The first-order valence-corrected chi connectivity index (χ1v) is 4.80. The maximum Gasteiger partial charge on any atom is 0.355 e. The molecule has 0 fully saturated rings. The number of carboxylic acids is 1. The number of carboxylic acid groups (broad SMARTS) is 1. The molecule has 98 valence electrons. The van der Waals surface area contributed by atoms with Crippen LogP contribution in [-0.2, 0) is 19.1 Å². The van der Waals surface area contributed by atoms with E-state index >= 15 is 0 Å². The summed E-state index contributed by atoms with van der Waals surface area (Å²) in [6.45, 7) is 4.13. The summed E-state index contributed by atoms with van der Waals surface area (Å²) in [5, 5.41) is 27.5. The molecule has 0 aliphatic carbocycles. The molecule has 3 N–H and O–H groups in total. The van der Waals surface area contributed by atoms with E-state index in [0.717, 1.165) is 27.7 Å². The molecule has 0 aromatic rings. The molecule has 0 aliphatic heterocycles. The maximum absolute atomic E-state index is 11.4. The molecule has 17 heavy (non-hydrogen) atoms. The molecule has 0 aromatic heterocycles. The van der Waals surface area contributed by atoms with Crippen LogP contribution in [0.1, 0.15) is 27.7 Å². The van der Waals surface area contributed by atoms with Crippen molar-refractivity contribution < 1.29 is 34.4 Å². The summed E-state index contributed by atoms with van der Waals surface area (Å²) in [7, 11) is 0. The van der Waals surface area contributed by atoms with Crippen molar-refractivity contribution in [3.05, 3.63) is 0 Å². The van der Waals surface area contributed by atoms with Crippen molar-refractivity contribution in [2.45, 2.75) is 45.0 Å². The van der Waals surface area contributed by atoms with Gasteiger partial charge in [-0.2, -0.15) is 0 Å². The van der Waals surface area contributed by atoms with Gasteiger partial charge < -0.3 is 20.1 Å². The molecule has 0 heterocycles. The largest absolute Gasteiger partial charge is 0.478 e. The summed E-state index contributed by atoms with van der Waals surface area (Å²) in [4.78, 5) is 33.3. The van der Waals surface area contributed by atoms with Crippen LogP contribution in [0.2, 0.25) is 0 Å². The Hall–Kier alpha value is -1.47. The van der Waals surface area contributed by atoms with Gasteiger partial charge in [0, 0.05) is 0 Å². The topological polar surface area (TPSA) is 121 Å². The van der Waals surface area contributed by atoms with Gasteiger partial charge in [0.2, 0.25) is 0 Å². The van der Waals surface area contributed by atoms with E-state index in [0.29, 0.717) is 0 Å². The summed E-state index contributed by atoms with van der Waals surface area (Å²) in [5.41, 5.74) is -4.17. The number of aliphatic carboxylic acids is 1. The Kier molecular flexibility index (Phi) is 4.39. The lowest BCUT2D eigenvalue weighted by Crippen LogP contribution is -2.52. The molecule has 0 aliphatic rings. The van der Waals surface area contributed by atoms with Crippen LogP contribution in [0.15, 0.2) is 0 Å². The van der Waals surface area contributed by atoms with Crippen LogP contribution in [0.4, 0.5) is 0 Å². The number of hydrogen-bond acceptors (Lipinski definition) is 6. The van der Waals surface area contributed by atoms with Crippen LogP contribution in [0.25, 0.3) is 0 Å². The van der Waals surface area contributed by atoms with Crippen molar-refractivity contribution in [1.82, 2.24) is 0 Å². The van der Waals surface area contributed by atoms with E-state index < -0.39 is 35.0 Å². The molecule has 0 saturated carbocycles. The van der Waals surface area contributed by atoms with Crippen LogP contribution in [0.5, 0.6) is 0 Å². The number of carbonyl (C=O) groups excluding carboxylic acids is 2. The summed E-state index contributed by atoms with van der Waals surface area (Å²) < 4.78 is 4.45. The summed E-state index contributed by atoms with van der Waals surface area (Å²) in [5.74, 6) is -3.93. The highest BCUT2D eigenvalue weighted by Crippen LogP contribution is 2.17. The second-order valence-electron chi connectivity index (χ2n) is 4.37. The Labute approximate surface area is 98.0 Å². The molecule has 0 aromatic carbocycles. The van der Waals surface area contributed by atoms with E-state index in [4.69, 9.17) is 5.11 Å². The van der Waals surface area contributed by atoms with E-state index in [9.17, 15) is 24.6 Å². The van der Waals surface area contributed by atoms with E-state index in [-0.39, 0.29) is 0 Å². The molecule has 0 bridgehead atoms. The smallest absolute Gasteiger partial charge is 0.355 e. The van der Waals surface area contributed by atoms with Gasteiger partial charge in [-0.3, -0.25) is 4.79 Å². The third-order valence-corrected chi connectivity index (χ3v) is 2.28. The predicted octanol–water partition coefficient (Wildman–Crippen LogP) is -0.906. The van der Waals surface area contributed by atoms with Gasteiger partial charge in [-0.05, 0) is 27.7 Å². The number of rotatable bonds is 5. The summed E-state index contributed by atoms with van der Waals surface area (Å²) >= 11 is 0. The highest BCUT2D eigenvalue weighted by Gasteiger charge is 2.45. The minimum absolute atomic E-state index is 0.895. The van der Waals surface area contributed by atoms with Crippen LogP contribution in [0.3, 0.4) is 0 Å².